The Morgan fingerprint density at radius 3 is 2.40 bits per heavy atom. The Morgan fingerprint density at radius 1 is 1.09 bits per heavy atom. The van der Waals surface area contributed by atoms with Crippen LogP contribution in [0.15, 0.2) is 30.6 Å². The SMILES string of the molecule is CCN(Cc1sc(CC(=O)c2cnc(N3CCN(CCC(=O)O)CC3)cn2)nc1-c1cc(F)cc(C(F)(F)F)c1)C(C)C. The Balaban J connectivity index is 1.51. The number of halogens is 4. The van der Waals surface area contributed by atoms with Crippen LogP contribution in [-0.4, -0.2) is 86.9 Å². The first kappa shape index (κ1) is 32.4. The molecule has 9 nitrogen and oxygen atoms in total. The lowest BCUT2D eigenvalue weighted by molar-refractivity contribution is -0.138. The molecule has 0 unspecified atom stereocenters. The zero-order chi connectivity index (χ0) is 31.3. The van der Waals surface area contributed by atoms with E-state index in [1.807, 2.05) is 25.7 Å². The highest BCUT2D eigenvalue weighted by Crippen LogP contribution is 2.36. The van der Waals surface area contributed by atoms with Crippen molar-refractivity contribution in [1.82, 2.24) is 24.8 Å². The Kier molecular flexibility index (Phi) is 10.5. The van der Waals surface area contributed by atoms with Gasteiger partial charge in [-0.3, -0.25) is 19.4 Å². The van der Waals surface area contributed by atoms with E-state index in [-0.39, 0.29) is 41.6 Å². The molecular formula is C29H34F4N6O3S. The van der Waals surface area contributed by atoms with Gasteiger partial charge in [-0.1, -0.05) is 6.92 Å². The van der Waals surface area contributed by atoms with E-state index in [0.717, 1.165) is 12.1 Å². The quantitative estimate of drug-likeness (QED) is 0.221. The minimum Gasteiger partial charge on any atom is -0.481 e. The Bertz CT molecular complexity index is 1420. The summed E-state index contributed by atoms with van der Waals surface area (Å²) in [6.07, 6.45) is -1.86. The summed E-state index contributed by atoms with van der Waals surface area (Å²) >= 11 is 1.21. The molecule has 14 heteroatoms. The minimum atomic E-state index is -4.72. The van der Waals surface area contributed by atoms with Crippen LogP contribution in [-0.2, 0) is 23.9 Å². The molecule has 3 heterocycles. The van der Waals surface area contributed by atoms with Crippen LogP contribution < -0.4 is 4.90 Å². The van der Waals surface area contributed by atoms with Gasteiger partial charge in [-0.2, -0.15) is 13.2 Å². The lowest BCUT2D eigenvalue weighted by Crippen LogP contribution is -2.47. The normalized spacial score (nSPS) is 14.6. The largest absolute Gasteiger partial charge is 0.481 e. The number of nitrogens with zero attached hydrogens (tertiary/aromatic N) is 6. The molecule has 0 saturated carbocycles. The summed E-state index contributed by atoms with van der Waals surface area (Å²) in [5, 5.41) is 9.26. The summed E-state index contributed by atoms with van der Waals surface area (Å²) in [6, 6.07) is 2.51. The topological polar surface area (TPSA) is 103 Å². The first-order valence-electron chi connectivity index (χ1n) is 14.0. The van der Waals surface area contributed by atoms with Crippen molar-refractivity contribution in [2.75, 3.05) is 44.2 Å². The number of carboxylic acid groups (broad SMARTS) is 1. The summed E-state index contributed by atoms with van der Waals surface area (Å²) < 4.78 is 54.6. The van der Waals surface area contributed by atoms with Crippen molar-refractivity contribution >= 4 is 28.9 Å². The zero-order valence-electron chi connectivity index (χ0n) is 24.2. The predicted octanol–water partition coefficient (Wildman–Crippen LogP) is 5.01. The summed E-state index contributed by atoms with van der Waals surface area (Å²) in [4.78, 5) is 44.0. The molecular weight excluding hydrogens is 588 g/mol. The van der Waals surface area contributed by atoms with E-state index in [1.165, 1.54) is 23.7 Å². The standard InChI is InChI=1S/C29H34F4N6O3S/c1-4-38(18(2)3)17-24-28(19-11-20(29(31,32)33)13-21(30)12-19)36-26(43-24)14-23(40)22-15-35-25(16-34-22)39-9-7-37(8-10-39)6-5-27(41)42/h11-13,15-16,18H,4-10,14,17H2,1-3H3,(H,41,42). The van der Waals surface area contributed by atoms with Gasteiger partial charge in [-0.15, -0.1) is 11.3 Å². The number of aromatic nitrogens is 3. The maximum atomic E-state index is 14.3. The first-order chi connectivity index (χ1) is 20.3. The van der Waals surface area contributed by atoms with Crippen molar-refractivity contribution in [3.8, 4) is 11.3 Å². The van der Waals surface area contributed by atoms with E-state index in [2.05, 4.69) is 24.8 Å². The molecule has 43 heavy (non-hydrogen) atoms. The smallest absolute Gasteiger partial charge is 0.416 e. The van der Waals surface area contributed by atoms with E-state index >= 15 is 0 Å². The Morgan fingerprint density at radius 2 is 1.81 bits per heavy atom. The van der Waals surface area contributed by atoms with Gasteiger partial charge in [-0.25, -0.2) is 19.3 Å². The summed E-state index contributed by atoms with van der Waals surface area (Å²) in [7, 11) is 0. The Labute approximate surface area is 251 Å². The van der Waals surface area contributed by atoms with Gasteiger partial charge in [0, 0.05) is 55.8 Å². The summed E-state index contributed by atoms with van der Waals surface area (Å²) in [5.74, 6) is -1.60. The van der Waals surface area contributed by atoms with Gasteiger partial charge in [0.2, 0.25) is 0 Å². The third-order valence-electron chi connectivity index (χ3n) is 7.30. The van der Waals surface area contributed by atoms with Crippen LogP contribution in [0, 0.1) is 5.82 Å². The monoisotopic (exact) mass is 622 g/mol. The lowest BCUT2D eigenvalue weighted by Gasteiger charge is -2.34. The second-order valence-corrected chi connectivity index (χ2v) is 11.8. The fourth-order valence-electron chi connectivity index (χ4n) is 4.85. The zero-order valence-corrected chi connectivity index (χ0v) is 25.0. The highest BCUT2D eigenvalue weighted by atomic mass is 32.1. The molecule has 0 atom stereocenters. The molecule has 4 rings (SSSR count). The third kappa shape index (κ3) is 8.54. The van der Waals surface area contributed by atoms with Crippen LogP contribution >= 0.6 is 11.3 Å². The first-order valence-corrected chi connectivity index (χ1v) is 14.8. The molecule has 1 aliphatic heterocycles. The van der Waals surface area contributed by atoms with Gasteiger partial charge in [-0.05, 0) is 38.6 Å². The van der Waals surface area contributed by atoms with E-state index in [0.29, 0.717) is 67.6 Å². The molecule has 232 valence electrons. The van der Waals surface area contributed by atoms with Crippen molar-refractivity contribution in [3.05, 3.63) is 57.6 Å². The molecule has 0 bridgehead atoms. The van der Waals surface area contributed by atoms with Crippen molar-refractivity contribution in [2.24, 2.45) is 0 Å². The number of carbonyl (C=O) groups is 2. The number of hydrogen-bond donors (Lipinski definition) is 1. The van der Waals surface area contributed by atoms with Crippen LogP contribution in [0.25, 0.3) is 11.3 Å². The number of piperazine rings is 1. The highest BCUT2D eigenvalue weighted by Gasteiger charge is 2.32. The molecule has 0 radical (unpaired) electrons. The summed E-state index contributed by atoms with van der Waals surface area (Å²) in [5.41, 5.74) is -0.748. The van der Waals surface area contributed by atoms with Crippen molar-refractivity contribution in [2.45, 2.75) is 52.4 Å². The number of benzene rings is 1. The maximum absolute atomic E-state index is 14.3. The second kappa shape index (κ2) is 13.9. The number of carboxylic acids is 1. The average Bonchev–Trinajstić information content (AvgIpc) is 3.36. The fourth-order valence-corrected chi connectivity index (χ4v) is 5.97. The number of alkyl halides is 3. The second-order valence-electron chi connectivity index (χ2n) is 10.6. The number of thiazole rings is 1. The molecule has 0 spiro atoms. The lowest BCUT2D eigenvalue weighted by atomic mass is 10.1. The van der Waals surface area contributed by atoms with Crippen LogP contribution in [0.1, 0.15) is 53.1 Å². The number of Topliss-reactive ketones (excluding diaryl/α,β-unsaturated/α-hetero) is 1. The molecule has 1 aromatic carbocycles. The van der Waals surface area contributed by atoms with Crippen LogP contribution in [0.2, 0.25) is 0 Å². The van der Waals surface area contributed by atoms with Gasteiger partial charge in [0.05, 0.1) is 36.5 Å². The molecule has 1 saturated heterocycles. The number of anilines is 1. The average molecular weight is 623 g/mol. The molecule has 1 fully saturated rings. The third-order valence-corrected chi connectivity index (χ3v) is 8.34. The number of hydrogen-bond acceptors (Lipinski definition) is 9. The maximum Gasteiger partial charge on any atom is 0.416 e. The van der Waals surface area contributed by atoms with Gasteiger partial charge < -0.3 is 10.0 Å². The molecule has 1 N–H and O–H groups in total. The van der Waals surface area contributed by atoms with Crippen molar-refractivity contribution in [3.63, 3.8) is 0 Å². The molecule has 3 aromatic rings. The molecule has 1 aliphatic rings. The predicted molar refractivity (Wildman–Crippen MR) is 155 cm³/mol. The van der Waals surface area contributed by atoms with Crippen LogP contribution in [0.4, 0.5) is 23.4 Å². The van der Waals surface area contributed by atoms with Gasteiger partial charge in [0.25, 0.3) is 0 Å². The summed E-state index contributed by atoms with van der Waals surface area (Å²) in [6.45, 7) is 10.2. The van der Waals surface area contributed by atoms with Gasteiger partial charge >= 0.3 is 12.1 Å². The fraction of sp³-hybridized carbons (Fsp3) is 0.483. The van der Waals surface area contributed by atoms with E-state index in [9.17, 15) is 27.2 Å². The number of carbonyl (C=O) groups excluding carboxylic acids is 1. The van der Waals surface area contributed by atoms with Crippen LogP contribution in [0.5, 0.6) is 0 Å². The van der Waals surface area contributed by atoms with E-state index in [4.69, 9.17) is 5.11 Å². The number of rotatable bonds is 12. The number of aliphatic carboxylic acids is 1. The Hall–Kier alpha value is -3.49. The number of ketones is 1. The van der Waals surface area contributed by atoms with Gasteiger partial charge in [0.15, 0.2) is 5.78 Å². The van der Waals surface area contributed by atoms with E-state index in [1.54, 1.807) is 0 Å². The van der Waals surface area contributed by atoms with E-state index < -0.39 is 23.5 Å². The molecule has 0 amide bonds. The van der Waals surface area contributed by atoms with Gasteiger partial charge in [0.1, 0.15) is 22.3 Å². The highest BCUT2D eigenvalue weighted by molar-refractivity contribution is 7.12. The minimum absolute atomic E-state index is 0.00397. The van der Waals surface area contributed by atoms with Crippen LogP contribution in [0.3, 0.4) is 0 Å². The molecule has 0 aliphatic carbocycles. The molecule has 2 aromatic heterocycles. The van der Waals surface area contributed by atoms with Crippen molar-refractivity contribution < 1.29 is 32.3 Å². The van der Waals surface area contributed by atoms with Crippen molar-refractivity contribution in [1.29, 1.82) is 0 Å².